The van der Waals surface area contributed by atoms with Gasteiger partial charge < -0.3 is 15.2 Å². The van der Waals surface area contributed by atoms with Crippen LogP contribution in [0.3, 0.4) is 0 Å². The Balaban J connectivity index is 2.10. The van der Waals surface area contributed by atoms with E-state index in [2.05, 4.69) is 5.32 Å². The third-order valence-electron chi connectivity index (χ3n) is 3.70. The molecule has 2 rings (SSSR count). The van der Waals surface area contributed by atoms with Gasteiger partial charge in [-0.1, -0.05) is 31.5 Å². The Hall–Kier alpha value is -0.680. The van der Waals surface area contributed by atoms with Crippen LogP contribution in [0.25, 0.3) is 0 Å². The number of hydrogen-bond donors (Lipinski definition) is 2. The molecule has 0 bridgehead atoms. The average Bonchev–Trinajstić information content (AvgIpc) is 2.79. The van der Waals surface area contributed by atoms with Crippen LogP contribution in [0.1, 0.15) is 31.9 Å². The topological polar surface area (TPSA) is 41.5 Å². The number of ether oxygens (including phenoxy) is 1. The molecule has 0 saturated carbocycles. The lowest BCUT2D eigenvalue weighted by atomic mass is 9.94. The summed E-state index contributed by atoms with van der Waals surface area (Å²) in [5, 5.41) is 13.9. The van der Waals surface area contributed by atoms with Crippen LogP contribution in [0.4, 0.5) is 4.39 Å². The molecule has 112 valence electrons. The van der Waals surface area contributed by atoms with Gasteiger partial charge in [-0.3, -0.25) is 0 Å². The van der Waals surface area contributed by atoms with Gasteiger partial charge >= 0.3 is 0 Å². The highest BCUT2D eigenvalue weighted by Gasteiger charge is 2.33. The van der Waals surface area contributed by atoms with E-state index < -0.39 is 5.60 Å². The van der Waals surface area contributed by atoms with E-state index in [0.29, 0.717) is 36.8 Å². The zero-order chi connectivity index (χ0) is 14.8. The summed E-state index contributed by atoms with van der Waals surface area (Å²) in [6.07, 6.45) is 0.605. The summed E-state index contributed by atoms with van der Waals surface area (Å²) in [6.45, 7) is 5.31. The van der Waals surface area contributed by atoms with Crippen molar-refractivity contribution in [3.8, 4) is 0 Å². The fraction of sp³-hybridized carbons (Fsp3) is 0.600. The molecule has 3 nitrogen and oxygen atoms in total. The fourth-order valence-electron chi connectivity index (χ4n) is 2.49. The molecule has 1 aliphatic rings. The number of halogens is 2. The van der Waals surface area contributed by atoms with Crippen LogP contribution >= 0.6 is 11.6 Å². The second-order valence-electron chi connectivity index (χ2n) is 5.80. The predicted molar refractivity (Wildman–Crippen MR) is 77.4 cm³/mol. The summed E-state index contributed by atoms with van der Waals surface area (Å²) in [4.78, 5) is 0. The van der Waals surface area contributed by atoms with Crippen molar-refractivity contribution in [2.75, 3.05) is 19.8 Å². The number of nitrogens with one attached hydrogen (secondary N) is 1. The Bertz CT molecular complexity index is 461. The maximum Gasteiger partial charge on any atom is 0.129 e. The summed E-state index contributed by atoms with van der Waals surface area (Å²) in [6, 6.07) is 4.54. The normalized spacial score (nSPS) is 24.3. The molecule has 1 fully saturated rings. The smallest absolute Gasteiger partial charge is 0.129 e. The molecule has 2 atom stereocenters. The van der Waals surface area contributed by atoms with Gasteiger partial charge in [0.2, 0.25) is 0 Å². The first-order chi connectivity index (χ1) is 9.41. The highest BCUT2D eigenvalue weighted by Crippen LogP contribution is 2.27. The van der Waals surface area contributed by atoms with Crippen LogP contribution in [-0.4, -0.2) is 30.5 Å². The Morgan fingerprint density at radius 1 is 1.50 bits per heavy atom. The van der Waals surface area contributed by atoms with Crippen LogP contribution in [-0.2, 0) is 4.74 Å². The standard InChI is InChI=1S/C15H21ClFNO2/c1-10(2)14(12-4-3-11(16)7-13(12)17)18-8-15(19)5-6-20-9-15/h3-4,7,10,14,18-19H,5-6,8-9H2,1-2H3/t14-,15-/m0/s1. The summed E-state index contributed by atoms with van der Waals surface area (Å²) in [5.74, 6) is -0.130. The highest BCUT2D eigenvalue weighted by atomic mass is 35.5. The number of rotatable bonds is 5. The van der Waals surface area contributed by atoms with Gasteiger partial charge in [-0.15, -0.1) is 0 Å². The van der Waals surface area contributed by atoms with Crippen molar-refractivity contribution in [2.24, 2.45) is 5.92 Å². The van der Waals surface area contributed by atoms with E-state index in [1.807, 2.05) is 13.8 Å². The fourth-order valence-corrected chi connectivity index (χ4v) is 2.65. The third-order valence-corrected chi connectivity index (χ3v) is 3.93. The van der Waals surface area contributed by atoms with Crippen LogP contribution in [0.5, 0.6) is 0 Å². The molecule has 0 unspecified atom stereocenters. The predicted octanol–water partition coefficient (Wildman–Crippen LogP) is 2.92. The Morgan fingerprint density at radius 3 is 2.80 bits per heavy atom. The van der Waals surface area contributed by atoms with E-state index in [9.17, 15) is 9.50 Å². The van der Waals surface area contributed by atoms with Crippen molar-refractivity contribution in [1.82, 2.24) is 5.32 Å². The monoisotopic (exact) mass is 301 g/mol. The number of hydrogen-bond acceptors (Lipinski definition) is 3. The van der Waals surface area contributed by atoms with Gasteiger partial charge in [-0.2, -0.15) is 0 Å². The van der Waals surface area contributed by atoms with Crippen molar-refractivity contribution < 1.29 is 14.2 Å². The van der Waals surface area contributed by atoms with Gasteiger partial charge in [0.1, 0.15) is 11.4 Å². The van der Waals surface area contributed by atoms with Crippen molar-refractivity contribution in [3.63, 3.8) is 0 Å². The van der Waals surface area contributed by atoms with E-state index >= 15 is 0 Å². The molecule has 2 N–H and O–H groups in total. The van der Waals surface area contributed by atoms with Gasteiger partial charge in [-0.25, -0.2) is 4.39 Å². The number of benzene rings is 1. The Labute approximate surface area is 124 Å². The van der Waals surface area contributed by atoms with Crippen molar-refractivity contribution >= 4 is 11.6 Å². The molecular weight excluding hydrogens is 281 g/mol. The summed E-state index contributed by atoms with van der Waals surface area (Å²) in [5.41, 5.74) is -0.275. The Kier molecular flexibility index (Phi) is 5.02. The molecule has 1 saturated heterocycles. The molecular formula is C15H21ClFNO2. The molecule has 1 aliphatic heterocycles. The third kappa shape index (κ3) is 3.70. The second-order valence-corrected chi connectivity index (χ2v) is 6.23. The van der Waals surface area contributed by atoms with Gasteiger partial charge in [0, 0.05) is 36.2 Å². The van der Waals surface area contributed by atoms with Crippen LogP contribution in [0.2, 0.25) is 5.02 Å². The first kappa shape index (κ1) is 15.7. The molecule has 20 heavy (non-hydrogen) atoms. The zero-order valence-corrected chi connectivity index (χ0v) is 12.6. The molecule has 1 aromatic rings. The van der Waals surface area contributed by atoms with Crippen molar-refractivity contribution in [2.45, 2.75) is 31.9 Å². The lowest BCUT2D eigenvalue weighted by Gasteiger charge is -2.28. The maximum absolute atomic E-state index is 14.0. The average molecular weight is 302 g/mol. The van der Waals surface area contributed by atoms with E-state index in [1.165, 1.54) is 6.07 Å². The molecule has 0 spiro atoms. The molecule has 5 heteroatoms. The van der Waals surface area contributed by atoms with Crippen LogP contribution in [0, 0.1) is 11.7 Å². The summed E-state index contributed by atoms with van der Waals surface area (Å²) in [7, 11) is 0. The minimum absolute atomic E-state index is 0.170. The molecule has 0 aliphatic carbocycles. The molecule has 0 radical (unpaired) electrons. The first-order valence-corrected chi connectivity index (χ1v) is 7.27. The molecule has 0 aromatic heterocycles. The number of aliphatic hydroxyl groups is 1. The molecule has 1 aromatic carbocycles. The summed E-state index contributed by atoms with van der Waals surface area (Å²) >= 11 is 5.79. The zero-order valence-electron chi connectivity index (χ0n) is 11.8. The van der Waals surface area contributed by atoms with E-state index in [0.717, 1.165) is 0 Å². The summed E-state index contributed by atoms with van der Waals surface area (Å²) < 4.78 is 19.3. The van der Waals surface area contributed by atoms with Crippen molar-refractivity contribution in [1.29, 1.82) is 0 Å². The second kappa shape index (κ2) is 6.39. The van der Waals surface area contributed by atoms with Crippen LogP contribution in [0.15, 0.2) is 18.2 Å². The van der Waals surface area contributed by atoms with E-state index in [-0.39, 0.29) is 17.8 Å². The van der Waals surface area contributed by atoms with Gasteiger partial charge in [0.05, 0.1) is 6.61 Å². The molecule has 1 heterocycles. The first-order valence-electron chi connectivity index (χ1n) is 6.90. The highest BCUT2D eigenvalue weighted by molar-refractivity contribution is 6.30. The van der Waals surface area contributed by atoms with E-state index in [4.69, 9.17) is 16.3 Å². The quantitative estimate of drug-likeness (QED) is 0.878. The van der Waals surface area contributed by atoms with E-state index in [1.54, 1.807) is 12.1 Å². The van der Waals surface area contributed by atoms with Crippen LogP contribution < -0.4 is 5.32 Å². The Morgan fingerprint density at radius 2 is 2.25 bits per heavy atom. The maximum atomic E-state index is 14.0. The molecule has 0 amide bonds. The van der Waals surface area contributed by atoms with Gasteiger partial charge in [0.25, 0.3) is 0 Å². The van der Waals surface area contributed by atoms with Gasteiger partial charge in [0.15, 0.2) is 0 Å². The minimum Gasteiger partial charge on any atom is -0.386 e. The lowest BCUT2D eigenvalue weighted by molar-refractivity contribution is 0.0233. The largest absolute Gasteiger partial charge is 0.386 e. The minimum atomic E-state index is -0.851. The SMILES string of the molecule is CC(C)[C@H](NC[C@@]1(O)CCOC1)c1ccc(Cl)cc1F. The lowest BCUT2D eigenvalue weighted by Crippen LogP contribution is -2.43. The van der Waals surface area contributed by atoms with Crippen molar-refractivity contribution in [3.05, 3.63) is 34.6 Å². The van der Waals surface area contributed by atoms with Gasteiger partial charge in [-0.05, 0) is 18.1 Å².